The molecule has 1 aliphatic carbocycles. The van der Waals surface area contributed by atoms with Gasteiger partial charge in [-0.15, -0.1) is 0 Å². The Bertz CT molecular complexity index is 970. The molecule has 0 spiro atoms. The number of esters is 1. The van der Waals surface area contributed by atoms with Crippen molar-refractivity contribution in [2.75, 3.05) is 11.9 Å². The van der Waals surface area contributed by atoms with E-state index in [0.717, 1.165) is 24.5 Å². The molecule has 1 aliphatic rings. The van der Waals surface area contributed by atoms with Crippen LogP contribution >= 0.6 is 12.2 Å². The second kappa shape index (κ2) is 9.26. The molecule has 0 heterocycles. The first-order valence-electron chi connectivity index (χ1n) is 10.2. The molecule has 4 nitrogen and oxygen atoms in total. The summed E-state index contributed by atoms with van der Waals surface area (Å²) < 4.78 is 44.7. The molecular formula is C23H25F3N2O2S. The molecule has 0 amide bonds. The van der Waals surface area contributed by atoms with Crippen LogP contribution < -0.4 is 10.6 Å². The number of hydrogen-bond donors (Lipinski definition) is 2. The summed E-state index contributed by atoms with van der Waals surface area (Å²) in [5.41, 5.74) is 1.14. The molecule has 2 N–H and O–H groups in total. The summed E-state index contributed by atoms with van der Waals surface area (Å²) in [5, 5.41) is 6.67. The van der Waals surface area contributed by atoms with E-state index in [1.54, 1.807) is 31.2 Å². The molecule has 0 atom stereocenters. The van der Waals surface area contributed by atoms with Crippen molar-refractivity contribution in [3.05, 3.63) is 64.7 Å². The van der Waals surface area contributed by atoms with E-state index >= 15 is 0 Å². The Balaban J connectivity index is 1.83. The zero-order valence-corrected chi connectivity index (χ0v) is 18.3. The van der Waals surface area contributed by atoms with E-state index in [2.05, 4.69) is 10.6 Å². The van der Waals surface area contributed by atoms with Gasteiger partial charge in [0.25, 0.3) is 0 Å². The first-order valence-corrected chi connectivity index (χ1v) is 10.6. The van der Waals surface area contributed by atoms with Gasteiger partial charge in [-0.1, -0.05) is 31.0 Å². The Labute approximate surface area is 185 Å². The monoisotopic (exact) mass is 450 g/mol. The molecular weight excluding hydrogens is 425 g/mol. The van der Waals surface area contributed by atoms with Gasteiger partial charge < -0.3 is 15.4 Å². The number of aryl methyl sites for hydroxylation is 1. The number of carbonyl (C=O) groups is 1. The van der Waals surface area contributed by atoms with Crippen LogP contribution in [-0.2, 0) is 16.5 Å². The van der Waals surface area contributed by atoms with Crippen LogP contribution in [-0.4, -0.2) is 17.7 Å². The molecule has 1 saturated carbocycles. The highest BCUT2D eigenvalue weighted by Crippen LogP contribution is 2.41. The Morgan fingerprint density at radius 2 is 1.87 bits per heavy atom. The number of anilines is 1. The minimum absolute atomic E-state index is 0.273. The number of halogens is 3. The average Bonchev–Trinajstić information content (AvgIpc) is 3.19. The van der Waals surface area contributed by atoms with Gasteiger partial charge in [-0.2, -0.15) is 13.2 Å². The van der Waals surface area contributed by atoms with E-state index < -0.39 is 23.2 Å². The van der Waals surface area contributed by atoms with Crippen molar-refractivity contribution in [2.24, 2.45) is 0 Å². The minimum atomic E-state index is -4.40. The second-order valence-electron chi connectivity index (χ2n) is 7.70. The Hall–Kier alpha value is -2.61. The number of hydrogen-bond acceptors (Lipinski definition) is 3. The fraction of sp³-hybridized carbons (Fsp3) is 0.391. The van der Waals surface area contributed by atoms with E-state index in [1.807, 2.05) is 6.92 Å². The molecule has 0 aliphatic heterocycles. The fourth-order valence-corrected chi connectivity index (χ4v) is 4.23. The third kappa shape index (κ3) is 5.36. The lowest BCUT2D eigenvalue weighted by Gasteiger charge is -2.33. The third-order valence-corrected chi connectivity index (χ3v) is 5.75. The van der Waals surface area contributed by atoms with Crippen LogP contribution in [0, 0.1) is 6.92 Å². The summed E-state index contributed by atoms with van der Waals surface area (Å²) in [6, 6.07) is 10.5. The first kappa shape index (κ1) is 23.1. The Morgan fingerprint density at radius 3 is 2.52 bits per heavy atom. The van der Waals surface area contributed by atoms with Crippen molar-refractivity contribution >= 4 is 29.0 Å². The van der Waals surface area contributed by atoms with Gasteiger partial charge in [0, 0.05) is 5.69 Å². The smallest absolute Gasteiger partial charge is 0.416 e. The van der Waals surface area contributed by atoms with Gasteiger partial charge in [-0.3, -0.25) is 0 Å². The van der Waals surface area contributed by atoms with Crippen molar-refractivity contribution in [1.29, 1.82) is 0 Å². The van der Waals surface area contributed by atoms with Gasteiger partial charge >= 0.3 is 12.1 Å². The van der Waals surface area contributed by atoms with Crippen LogP contribution in [0.1, 0.15) is 59.7 Å². The minimum Gasteiger partial charge on any atom is -0.462 e. The van der Waals surface area contributed by atoms with Crippen LogP contribution in [0.25, 0.3) is 0 Å². The Kier molecular flexibility index (Phi) is 6.89. The first-order chi connectivity index (χ1) is 14.6. The number of benzene rings is 2. The molecule has 1 fully saturated rings. The van der Waals surface area contributed by atoms with Crippen LogP contribution in [0.3, 0.4) is 0 Å². The SMILES string of the molecule is CCOC(=O)c1ccc(C)c(NC(=S)NC2(c3cccc(C(F)(F)F)c3)CCCC2)c1. The van der Waals surface area contributed by atoms with Crippen molar-refractivity contribution in [3.63, 3.8) is 0 Å². The van der Waals surface area contributed by atoms with E-state index in [9.17, 15) is 18.0 Å². The molecule has 31 heavy (non-hydrogen) atoms. The second-order valence-corrected chi connectivity index (χ2v) is 8.11. The summed E-state index contributed by atoms with van der Waals surface area (Å²) >= 11 is 5.51. The summed E-state index contributed by atoms with van der Waals surface area (Å²) in [6.45, 7) is 3.88. The summed E-state index contributed by atoms with van der Waals surface area (Å²) in [4.78, 5) is 12.0. The molecule has 0 unspecified atom stereocenters. The van der Waals surface area contributed by atoms with Gasteiger partial charge in [-0.05, 0) is 74.3 Å². The molecule has 0 aromatic heterocycles. The van der Waals surface area contributed by atoms with E-state index in [4.69, 9.17) is 17.0 Å². The predicted octanol–water partition coefficient (Wildman–Crippen LogP) is 5.95. The summed E-state index contributed by atoms with van der Waals surface area (Å²) in [5.74, 6) is -0.430. The molecule has 2 aromatic carbocycles. The van der Waals surface area contributed by atoms with Gasteiger partial charge in [-0.25, -0.2) is 4.79 Å². The highest BCUT2D eigenvalue weighted by Gasteiger charge is 2.38. The van der Waals surface area contributed by atoms with Crippen molar-refractivity contribution in [2.45, 2.75) is 51.2 Å². The van der Waals surface area contributed by atoms with Crippen molar-refractivity contribution < 1.29 is 22.7 Å². The number of carbonyl (C=O) groups excluding carboxylic acids is 1. The third-order valence-electron chi connectivity index (χ3n) is 5.55. The van der Waals surface area contributed by atoms with Crippen LogP contribution in [0.15, 0.2) is 42.5 Å². The number of alkyl halides is 3. The maximum Gasteiger partial charge on any atom is 0.416 e. The fourth-order valence-electron chi connectivity index (χ4n) is 3.93. The molecule has 8 heteroatoms. The van der Waals surface area contributed by atoms with Crippen molar-refractivity contribution in [1.82, 2.24) is 5.32 Å². The molecule has 2 aromatic rings. The number of ether oxygens (including phenoxy) is 1. The van der Waals surface area contributed by atoms with Crippen LogP contribution in [0.2, 0.25) is 0 Å². The number of nitrogens with one attached hydrogen (secondary N) is 2. The van der Waals surface area contributed by atoms with E-state index in [0.29, 0.717) is 34.8 Å². The number of thiocarbonyl (C=S) groups is 1. The van der Waals surface area contributed by atoms with E-state index in [1.165, 1.54) is 12.1 Å². The van der Waals surface area contributed by atoms with Crippen LogP contribution in [0.4, 0.5) is 18.9 Å². The number of rotatable bonds is 5. The zero-order valence-electron chi connectivity index (χ0n) is 17.4. The summed E-state index contributed by atoms with van der Waals surface area (Å²) in [7, 11) is 0. The molecule has 0 bridgehead atoms. The lowest BCUT2D eigenvalue weighted by atomic mass is 9.87. The molecule has 0 radical (unpaired) electrons. The average molecular weight is 451 g/mol. The standard InChI is InChI=1S/C23H25F3N2O2S/c1-3-30-20(29)16-10-9-15(2)19(13-16)27-21(31)28-22(11-4-5-12-22)17-7-6-8-18(14-17)23(24,25)26/h6-10,13-14H,3-5,11-12H2,1-2H3,(H2,27,28,31). The van der Waals surface area contributed by atoms with Gasteiger partial charge in [0.05, 0.1) is 23.3 Å². The maximum atomic E-state index is 13.2. The molecule has 3 rings (SSSR count). The topological polar surface area (TPSA) is 50.4 Å². The lowest BCUT2D eigenvalue weighted by molar-refractivity contribution is -0.137. The van der Waals surface area contributed by atoms with E-state index in [-0.39, 0.29) is 6.61 Å². The lowest BCUT2D eigenvalue weighted by Crippen LogP contribution is -2.45. The summed E-state index contributed by atoms with van der Waals surface area (Å²) in [6.07, 6.45) is -1.26. The maximum absolute atomic E-state index is 13.2. The zero-order chi connectivity index (χ0) is 22.6. The quantitative estimate of drug-likeness (QED) is 0.436. The molecule has 166 valence electrons. The van der Waals surface area contributed by atoms with Gasteiger partial charge in [0.15, 0.2) is 5.11 Å². The predicted molar refractivity (Wildman–Crippen MR) is 118 cm³/mol. The van der Waals surface area contributed by atoms with Gasteiger partial charge in [0.1, 0.15) is 0 Å². The van der Waals surface area contributed by atoms with Gasteiger partial charge in [0.2, 0.25) is 0 Å². The Morgan fingerprint density at radius 1 is 1.16 bits per heavy atom. The largest absolute Gasteiger partial charge is 0.462 e. The normalized spacial score (nSPS) is 15.4. The highest BCUT2D eigenvalue weighted by molar-refractivity contribution is 7.80. The molecule has 0 saturated heterocycles. The highest BCUT2D eigenvalue weighted by atomic mass is 32.1. The van der Waals surface area contributed by atoms with Crippen molar-refractivity contribution in [3.8, 4) is 0 Å². The van der Waals surface area contributed by atoms with Crippen LogP contribution in [0.5, 0.6) is 0 Å².